The molecule has 4 aliphatic rings. The topological polar surface area (TPSA) is 112 Å². The largest absolute Gasteiger partial charge is 0.481 e. The van der Waals surface area contributed by atoms with Gasteiger partial charge >= 0.3 is 17.9 Å². The normalized spacial score (nSPS) is 45.3. The molecule has 6 nitrogen and oxygen atoms in total. The molecule has 4 fully saturated rings. The second-order valence-electron chi connectivity index (χ2n) is 7.25. The van der Waals surface area contributed by atoms with Crippen molar-refractivity contribution in [1.82, 2.24) is 0 Å². The molecule has 4 bridgehead atoms. The zero-order chi connectivity index (χ0) is 14.8. The number of carbonyl (C=O) groups is 3. The minimum absolute atomic E-state index is 0.0257. The fraction of sp³-hybridized carbons (Fsp3) is 0.786. The van der Waals surface area contributed by atoms with E-state index >= 15 is 0 Å². The van der Waals surface area contributed by atoms with Crippen LogP contribution in [-0.2, 0) is 14.4 Å². The van der Waals surface area contributed by atoms with Crippen molar-refractivity contribution in [3.05, 3.63) is 0 Å². The lowest BCUT2D eigenvalue weighted by atomic mass is 9.39. The summed E-state index contributed by atoms with van der Waals surface area (Å²) in [6.07, 6.45) is 2.32. The van der Waals surface area contributed by atoms with E-state index in [0.717, 1.165) is 0 Å². The summed E-state index contributed by atoms with van der Waals surface area (Å²) in [7, 11) is 0. The van der Waals surface area contributed by atoms with Gasteiger partial charge in [-0.05, 0) is 49.9 Å². The van der Waals surface area contributed by atoms with Crippen LogP contribution in [-0.4, -0.2) is 33.2 Å². The van der Waals surface area contributed by atoms with Gasteiger partial charge in [0, 0.05) is 0 Å². The van der Waals surface area contributed by atoms with Gasteiger partial charge in [-0.25, -0.2) is 0 Å². The summed E-state index contributed by atoms with van der Waals surface area (Å²) in [6, 6.07) is 0. The number of carboxylic acids is 3. The summed E-state index contributed by atoms with van der Waals surface area (Å²) in [5.74, 6) is -2.85. The molecule has 20 heavy (non-hydrogen) atoms. The summed E-state index contributed by atoms with van der Waals surface area (Å²) >= 11 is 0. The van der Waals surface area contributed by atoms with Crippen molar-refractivity contribution in [2.75, 3.05) is 0 Å². The molecule has 3 N–H and O–H groups in total. The van der Waals surface area contributed by atoms with Crippen molar-refractivity contribution in [3.8, 4) is 0 Å². The van der Waals surface area contributed by atoms with Crippen LogP contribution >= 0.6 is 0 Å². The second kappa shape index (κ2) is 3.74. The van der Waals surface area contributed by atoms with Crippen molar-refractivity contribution in [2.45, 2.75) is 44.9 Å². The van der Waals surface area contributed by atoms with Crippen molar-refractivity contribution < 1.29 is 29.7 Å². The molecule has 4 saturated carbocycles. The molecular weight excluding hydrogens is 264 g/mol. The summed E-state index contributed by atoms with van der Waals surface area (Å²) in [5, 5.41) is 28.3. The van der Waals surface area contributed by atoms with E-state index in [1.165, 1.54) is 0 Å². The number of aliphatic carboxylic acids is 3. The first-order valence-corrected chi connectivity index (χ1v) is 6.90. The lowest BCUT2D eigenvalue weighted by Crippen LogP contribution is -2.61. The quantitative estimate of drug-likeness (QED) is 0.721. The molecule has 0 aromatic heterocycles. The zero-order valence-electron chi connectivity index (χ0n) is 11.1. The van der Waals surface area contributed by atoms with E-state index < -0.39 is 34.2 Å². The summed E-state index contributed by atoms with van der Waals surface area (Å²) in [6.45, 7) is 0. The average Bonchev–Trinajstić information content (AvgIpc) is 2.24. The van der Waals surface area contributed by atoms with Gasteiger partial charge in [-0.3, -0.25) is 14.4 Å². The molecule has 0 amide bonds. The van der Waals surface area contributed by atoms with E-state index in [4.69, 9.17) is 5.11 Å². The molecule has 6 heteroatoms. The number of hydrogen-bond donors (Lipinski definition) is 3. The van der Waals surface area contributed by atoms with Crippen LogP contribution < -0.4 is 0 Å². The van der Waals surface area contributed by atoms with Crippen LogP contribution in [0.15, 0.2) is 0 Å². The number of rotatable bonds is 4. The van der Waals surface area contributed by atoms with E-state index in [0.29, 0.717) is 32.1 Å². The Morgan fingerprint density at radius 2 is 1.35 bits per heavy atom. The summed E-state index contributed by atoms with van der Waals surface area (Å²) < 4.78 is 0. The standard InChI is InChI=1S/C14H18O6/c15-9(16)4-12-1-8-2-13(5-12,10(17)18)7-14(3-8,6-12)11(19)20/h8H,1-7H2,(H,15,16)(H,17,18)(H,19,20). The summed E-state index contributed by atoms with van der Waals surface area (Å²) in [5.41, 5.74) is -2.72. The maximum absolute atomic E-state index is 11.7. The lowest BCUT2D eigenvalue weighted by Gasteiger charge is -2.63. The Morgan fingerprint density at radius 1 is 0.850 bits per heavy atom. The highest BCUT2D eigenvalue weighted by atomic mass is 16.4. The Hall–Kier alpha value is -1.59. The SMILES string of the molecule is O=C(O)CC12CC3CC(C(=O)O)(C1)CC(C(=O)O)(C3)C2. The van der Waals surface area contributed by atoms with Gasteiger partial charge in [0.15, 0.2) is 0 Å². The highest BCUT2D eigenvalue weighted by Gasteiger charge is 2.68. The molecular formula is C14H18O6. The fourth-order valence-electron chi connectivity index (χ4n) is 5.63. The van der Waals surface area contributed by atoms with Gasteiger partial charge in [0.1, 0.15) is 0 Å². The maximum Gasteiger partial charge on any atom is 0.309 e. The van der Waals surface area contributed by atoms with Crippen molar-refractivity contribution >= 4 is 17.9 Å². The van der Waals surface area contributed by atoms with Gasteiger partial charge in [-0.2, -0.15) is 0 Å². The van der Waals surface area contributed by atoms with Crippen molar-refractivity contribution in [1.29, 1.82) is 0 Å². The van der Waals surface area contributed by atoms with E-state index in [-0.39, 0.29) is 18.8 Å². The van der Waals surface area contributed by atoms with Crippen LogP contribution in [0.3, 0.4) is 0 Å². The summed E-state index contributed by atoms with van der Waals surface area (Å²) in [4.78, 5) is 34.5. The molecule has 0 saturated heterocycles. The zero-order valence-corrected chi connectivity index (χ0v) is 11.1. The van der Waals surface area contributed by atoms with Gasteiger partial charge in [0.05, 0.1) is 17.3 Å². The van der Waals surface area contributed by atoms with Crippen LogP contribution in [0.5, 0.6) is 0 Å². The van der Waals surface area contributed by atoms with Crippen LogP contribution in [0.25, 0.3) is 0 Å². The minimum atomic E-state index is -1.03. The Morgan fingerprint density at radius 3 is 1.75 bits per heavy atom. The van der Waals surface area contributed by atoms with E-state index in [1.807, 2.05) is 0 Å². The predicted octanol–water partition coefficient (Wildman–Crippen LogP) is 1.59. The molecule has 110 valence electrons. The maximum atomic E-state index is 11.7. The van der Waals surface area contributed by atoms with Gasteiger partial charge in [-0.15, -0.1) is 0 Å². The van der Waals surface area contributed by atoms with E-state index in [9.17, 15) is 24.6 Å². The first-order valence-electron chi connectivity index (χ1n) is 6.90. The first-order chi connectivity index (χ1) is 9.21. The Balaban J connectivity index is 2.06. The molecule has 0 aliphatic heterocycles. The highest BCUT2D eigenvalue weighted by molar-refractivity contribution is 5.81. The van der Waals surface area contributed by atoms with Gasteiger partial charge in [0.2, 0.25) is 0 Å². The molecule has 2 atom stereocenters. The van der Waals surface area contributed by atoms with E-state index in [2.05, 4.69) is 0 Å². The van der Waals surface area contributed by atoms with Gasteiger partial charge in [0.25, 0.3) is 0 Å². The number of hydrogen-bond acceptors (Lipinski definition) is 3. The third-order valence-electron chi connectivity index (χ3n) is 5.62. The van der Waals surface area contributed by atoms with E-state index in [1.54, 1.807) is 0 Å². The smallest absolute Gasteiger partial charge is 0.309 e. The molecule has 0 spiro atoms. The molecule has 0 aromatic rings. The van der Waals surface area contributed by atoms with Crippen LogP contribution in [0.1, 0.15) is 44.9 Å². The molecule has 4 rings (SSSR count). The van der Waals surface area contributed by atoms with Gasteiger partial charge < -0.3 is 15.3 Å². The monoisotopic (exact) mass is 282 g/mol. The highest BCUT2D eigenvalue weighted by Crippen LogP contribution is 2.70. The fourth-order valence-corrected chi connectivity index (χ4v) is 5.63. The van der Waals surface area contributed by atoms with Gasteiger partial charge in [-0.1, -0.05) is 0 Å². The third-order valence-corrected chi connectivity index (χ3v) is 5.62. The average molecular weight is 282 g/mol. The van der Waals surface area contributed by atoms with Crippen molar-refractivity contribution in [3.63, 3.8) is 0 Å². The molecule has 0 radical (unpaired) electrons. The Labute approximate surface area is 115 Å². The predicted molar refractivity (Wildman–Crippen MR) is 66.0 cm³/mol. The molecule has 0 heterocycles. The lowest BCUT2D eigenvalue weighted by molar-refractivity contribution is -0.205. The van der Waals surface area contributed by atoms with Crippen LogP contribution in [0.2, 0.25) is 0 Å². The molecule has 0 aromatic carbocycles. The molecule has 2 unspecified atom stereocenters. The Kier molecular flexibility index (Phi) is 2.50. The first kappa shape index (κ1) is 13.4. The van der Waals surface area contributed by atoms with Crippen LogP contribution in [0, 0.1) is 22.2 Å². The van der Waals surface area contributed by atoms with Crippen molar-refractivity contribution in [2.24, 2.45) is 22.2 Å². The van der Waals surface area contributed by atoms with Crippen LogP contribution in [0.4, 0.5) is 0 Å². The second-order valence-corrected chi connectivity index (χ2v) is 7.25. The molecule has 4 aliphatic carbocycles. The Bertz CT molecular complexity index is 480. The number of carboxylic acid groups (broad SMARTS) is 3. The third kappa shape index (κ3) is 1.66. The minimum Gasteiger partial charge on any atom is -0.481 e.